The minimum absolute atomic E-state index is 0.334. The minimum atomic E-state index is -1.17. The van der Waals surface area contributed by atoms with E-state index in [1.165, 1.54) is 19.2 Å². The number of carbonyl (C=O) groups excluding carboxylic acids is 1. The zero-order chi connectivity index (χ0) is 18.0. The predicted octanol–water partition coefficient (Wildman–Crippen LogP) is 2.81. The van der Waals surface area contributed by atoms with Crippen LogP contribution in [0.4, 0.5) is 4.39 Å². The number of ether oxygens (including phenoxy) is 1. The second-order valence-corrected chi connectivity index (χ2v) is 5.99. The van der Waals surface area contributed by atoms with Crippen LogP contribution in [0.1, 0.15) is 35.1 Å². The Kier molecular flexibility index (Phi) is 4.70. The van der Waals surface area contributed by atoms with Crippen molar-refractivity contribution in [2.75, 3.05) is 7.11 Å². The first-order valence-corrected chi connectivity index (χ1v) is 7.95. The molecule has 0 spiro atoms. The van der Waals surface area contributed by atoms with E-state index >= 15 is 0 Å². The van der Waals surface area contributed by atoms with Crippen LogP contribution in [0.2, 0.25) is 0 Å². The molecule has 2 N–H and O–H groups in total. The molecule has 0 aliphatic heterocycles. The van der Waals surface area contributed by atoms with E-state index in [2.05, 4.69) is 5.32 Å². The van der Waals surface area contributed by atoms with Gasteiger partial charge in [0.2, 0.25) is 5.91 Å². The number of nitrogens with one attached hydrogen (secondary N) is 1. The first kappa shape index (κ1) is 17.0. The van der Waals surface area contributed by atoms with Gasteiger partial charge in [0, 0.05) is 0 Å². The molecule has 2 aromatic carbocycles. The number of fused-ring (bicyclic) bond motifs is 1. The van der Waals surface area contributed by atoms with Crippen LogP contribution in [0.25, 0.3) is 0 Å². The molecule has 3 rings (SSSR count). The van der Waals surface area contributed by atoms with Crippen molar-refractivity contribution in [3.63, 3.8) is 0 Å². The number of halogens is 1. The van der Waals surface area contributed by atoms with Crippen molar-refractivity contribution < 1.29 is 23.8 Å². The van der Waals surface area contributed by atoms with Crippen molar-refractivity contribution >= 4 is 11.9 Å². The summed E-state index contributed by atoms with van der Waals surface area (Å²) in [6.07, 6.45) is 1.14. The van der Waals surface area contributed by atoms with E-state index in [4.69, 9.17) is 4.74 Å². The number of rotatable bonds is 5. The van der Waals surface area contributed by atoms with Crippen molar-refractivity contribution in [3.8, 4) is 5.75 Å². The van der Waals surface area contributed by atoms with Gasteiger partial charge in [-0.3, -0.25) is 4.79 Å². The Morgan fingerprint density at radius 3 is 2.80 bits per heavy atom. The smallest absolute Gasteiger partial charge is 0.330 e. The van der Waals surface area contributed by atoms with Gasteiger partial charge in [0.15, 0.2) is 6.04 Å². The van der Waals surface area contributed by atoms with Crippen LogP contribution in [-0.2, 0) is 16.0 Å². The molecular weight excluding hydrogens is 325 g/mol. The molecule has 2 aromatic rings. The average molecular weight is 343 g/mol. The van der Waals surface area contributed by atoms with E-state index in [0.29, 0.717) is 24.2 Å². The average Bonchev–Trinajstić information content (AvgIpc) is 3.02. The van der Waals surface area contributed by atoms with Gasteiger partial charge in [-0.25, -0.2) is 9.18 Å². The maximum absolute atomic E-state index is 13.3. The molecule has 0 aromatic heterocycles. The summed E-state index contributed by atoms with van der Waals surface area (Å²) in [7, 11) is 1.49. The number of methoxy groups -OCH3 is 1. The van der Waals surface area contributed by atoms with E-state index in [9.17, 15) is 19.1 Å². The monoisotopic (exact) mass is 343 g/mol. The summed E-state index contributed by atoms with van der Waals surface area (Å²) in [6, 6.07) is 9.75. The second kappa shape index (κ2) is 6.93. The van der Waals surface area contributed by atoms with Gasteiger partial charge < -0.3 is 15.2 Å². The van der Waals surface area contributed by atoms with E-state index in [1.807, 2.05) is 0 Å². The Bertz CT molecular complexity index is 821. The van der Waals surface area contributed by atoms with E-state index in [-0.39, 0.29) is 11.7 Å². The summed E-state index contributed by atoms with van der Waals surface area (Å²) < 4.78 is 18.4. The molecule has 0 saturated heterocycles. The quantitative estimate of drug-likeness (QED) is 0.875. The number of carbonyl (C=O) groups is 2. The topological polar surface area (TPSA) is 75.6 Å². The molecular formula is C19H18FNO4. The number of aliphatic carboxylic acids is 1. The molecule has 1 unspecified atom stereocenters. The third-order valence-corrected chi connectivity index (χ3v) is 4.46. The lowest BCUT2D eigenvalue weighted by molar-refractivity contribution is -0.142. The van der Waals surface area contributed by atoms with Gasteiger partial charge in [0.1, 0.15) is 11.6 Å². The van der Waals surface area contributed by atoms with Crippen molar-refractivity contribution in [1.82, 2.24) is 5.32 Å². The van der Waals surface area contributed by atoms with Crippen LogP contribution in [0.3, 0.4) is 0 Å². The first-order valence-electron chi connectivity index (χ1n) is 7.95. The molecule has 6 heteroatoms. The predicted molar refractivity (Wildman–Crippen MR) is 89.0 cm³/mol. The van der Waals surface area contributed by atoms with Crippen LogP contribution in [0, 0.1) is 5.82 Å². The highest BCUT2D eigenvalue weighted by atomic mass is 19.1. The van der Waals surface area contributed by atoms with Crippen molar-refractivity contribution in [1.29, 1.82) is 0 Å². The molecule has 130 valence electrons. The summed E-state index contributed by atoms with van der Waals surface area (Å²) in [5.41, 5.74) is 1.99. The molecule has 1 amide bonds. The van der Waals surface area contributed by atoms with Crippen LogP contribution < -0.4 is 10.1 Å². The third kappa shape index (κ3) is 3.47. The van der Waals surface area contributed by atoms with Gasteiger partial charge in [0.25, 0.3) is 0 Å². The minimum Gasteiger partial charge on any atom is -0.497 e. The molecule has 0 radical (unpaired) electrons. The lowest BCUT2D eigenvalue weighted by Crippen LogP contribution is -2.36. The molecule has 2 atom stereocenters. The summed E-state index contributed by atoms with van der Waals surface area (Å²) in [5.74, 6) is -1.82. The van der Waals surface area contributed by atoms with Crippen LogP contribution >= 0.6 is 0 Å². The van der Waals surface area contributed by atoms with Gasteiger partial charge in [-0.2, -0.15) is 0 Å². The molecule has 5 nitrogen and oxygen atoms in total. The Morgan fingerprint density at radius 1 is 1.28 bits per heavy atom. The fourth-order valence-corrected chi connectivity index (χ4v) is 3.21. The zero-order valence-corrected chi connectivity index (χ0v) is 13.7. The van der Waals surface area contributed by atoms with E-state index in [1.54, 1.807) is 30.3 Å². The summed E-state index contributed by atoms with van der Waals surface area (Å²) in [4.78, 5) is 24.3. The van der Waals surface area contributed by atoms with Gasteiger partial charge >= 0.3 is 5.97 Å². The zero-order valence-electron chi connectivity index (χ0n) is 13.7. The SMILES string of the molecule is COc1cccc([C@H](NC(=O)C2CCc3cc(F)ccc32)C(=O)O)c1. The number of amides is 1. The van der Waals surface area contributed by atoms with Gasteiger partial charge in [0.05, 0.1) is 13.0 Å². The Hall–Kier alpha value is -2.89. The Balaban J connectivity index is 1.82. The number of aryl methyl sites for hydroxylation is 1. The number of carboxylic acids is 1. The Labute approximate surface area is 144 Å². The number of hydrogen-bond acceptors (Lipinski definition) is 3. The van der Waals surface area contributed by atoms with Gasteiger partial charge in [-0.05, 0) is 53.8 Å². The largest absolute Gasteiger partial charge is 0.497 e. The van der Waals surface area contributed by atoms with E-state index < -0.39 is 17.9 Å². The lowest BCUT2D eigenvalue weighted by atomic mass is 9.99. The van der Waals surface area contributed by atoms with Crippen molar-refractivity contribution in [2.45, 2.75) is 24.8 Å². The second-order valence-electron chi connectivity index (χ2n) is 5.99. The first-order chi connectivity index (χ1) is 12.0. The summed E-state index contributed by atoms with van der Waals surface area (Å²) in [6.45, 7) is 0. The van der Waals surface area contributed by atoms with Crippen molar-refractivity contribution in [2.24, 2.45) is 0 Å². The number of carboxylic acid groups (broad SMARTS) is 1. The number of benzene rings is 2. The third-order valence-electron chi connectivity index (χ3n) is 4.46. The molecule has 0 saturated carbocycles. The van der Waals surface area contributed by atoms with Crippen molar-refractivity contribution in [3.05, 3.63) is 65.0 Å². The highest BCUT2D eigenvalue weighted by molar-refractivity contribution is 5.89. The van der Waals surface area contributed by atoms with Gasteiger partial charge in [-0.15, -0.1) is 0 Å². The Morgan fingerprint density at radius 2 is 2.08 bits per heavy atom. The molecule has 0 bridgehead atoms. The number of hydrogen-bond donors (Lipinski definition) is 2. The molecule has 0 fully saturated rings. The normalized spacial score (nSPS) is 16.8. The summed E-state index contributed by atoms with van der Waals surface area (Å²) >= 11 is 0. The molecule has 0 heterocycles. The maximum Gasteiger partial charge on any atom is 0.330 e. The fraction of sp³-hybridized carbons (Fsp3) is 0.263. The van der Waals surface area contributed by atoms with Crippen LogP contribution in [-0.4, -0.2) is 24.1 Å². The van der Waals surface area contributed by atoms with E-state index in [0.717, 1.165) is 11.1 Å². The highest BCUT2D eigenvalue weighted by Gasteiger charge is 2.32. The van der Waals surface area contributed by atoms with Crippen LogP contribution in [0.5, 0.6) is 5.75 Å². The molecule has 1 aliphatic rings. The van der Waals surface area contributed by atoms with Crippen LogP contribution in [0.15, 0.2) is 42.5 Å². The molecule has 1 aliphatic carbocycles. The summed E-state index contributed by atoms with van der Waals surface area (Å²) in [5, 5.41) is 12.1. The van der Waals surface area contributed by atoms with Gasteiger partial charge in [-0.1, -0.05) is 18.2 Å². The molecule has 25 heavy (non-hydrogen) atoms. The highest BCUT2D eigenvalue weighted by Crippen LogP contribution is 2.34. The lowest BCUT2D eigenvalue weighted by Gasteiger charge is -2.19. The maximum atomic E-state index is 13.3. The standard InChI is InChI=1S/C19H18FNO4/c1-25-14-4-2-3-12(10-14)17(19(23)24)21-18(22)16-7-5-11-9-13(20)6-8-15(11)16/h2-4,6,8-10,16-17H,5,7H2,1H3,(H,21,22)(H,23,24)/t16?,17-/m0/s1. The fourth-order valence-electron chi connectivity index (χ4n) is 3.21.